The molecule has 0 spiro atoms. The number of furan rings is 1. The minimum atomic E-state index is -3.67. The minimum absolute atomic E-state index is 0.00149. The van der Waals surface area contributed by atoms with Crippen molar-refractivity contribution in [1.29, 1.82) is 0 Å². The van der Waals surface area contributed by atoms with E-state index in [4.69, 9.17) is 10.2 Å². The highest BCUT2D eigenvalue weighted by Crippen LogP contribution is 2.23. The number of nitrogens with zero attached hydrogens (tertiary/aromatic N) is 2. The van der Waals surface area contributed by atoms with Gasteiger partial charge < -0.3 is 15.1 Å². The summed E-state index contributed by atoms with van der Waals surface area (Å²) in [5.74, 6) is -0.170. The summed E-state index contributed by atoms with van der Waals surface area (Å²) in [4.78, 5) is 14.4. The quantitative estimate of drug-likeness (QED) is 0.749. The summed E-state index contributed by atoms with van der Waals surface area (Å²) in [6.45, 7) is 2.67. The smallest absolute Gasteiger partial charge is 0.289 e. The molecule has 0 saturated heterocycles. The summed E-state index contributed by atoms with van der Waals surface area (Å²) in [6, 6.07) is 11.1. The molecule has 1 heterocycles. The van der Waals surface area contributed by atoms with Crippen LogP contribution in [0.3, 0.4) is 0 Å². The molecule has 0 radical (unpaired) electrons. The van der Waals surface area contributed by atoms with Gasteiger partial charge in [-0.15, -0.1) is 0 Å². The van der Waals surface area contributed by atoms with Crippen LogP contribution >= 0.6 is 0 Å². The number of hydrogen-bond acceptors (Lipinski definition) is 5. The topological polar surface area (TPSA) is 96.8 Å². The number of hydrogen-bond donors (Lipinski definition) is 1. The number of benzene rings is 1. The molecule has 0 aliphatic rings. The highest BCUT2D eigenvalue weighted by Gasteiger charge is 2.27. The molecule has 0 bridgehead atoms. The average molecular weight is 379 g/mol. The van der Waals surface area contributed by atoms with Gasteiger partial charge in [-0.3, -0.25) is 4.79 Å². The van der Waals surface area contributed by atoms with Crippen molar-refractivity contribution in [2.24, 2.45) is 5.73 Å². The third-order valence-corrected chi connectivity index (χ3v) is 5.96. The fourth-order valence-electron chi connectivity index (χ4n) is 2.56. The van der Waals surface area contributed by atoms with Crippen LogP contribution in [0.25, 0.3) is 0 Å². The molecule has 2 aromatic rings. The van der Waals surface area contributed by atoms with Crippen LogP contribution in [0.4, 0.5) is 0 Å². The van der Waals surface area contributed by atoms with Gasteiger partial charge in [0.15, 0.2) is 5.76 Å². The molecule has 0 aliphatic heterocycles. The van der Waals surface area contributed by atoms with E-state index in [0.717, 1.165) is 9.87 Å². The van der Waals surface area contributed by atoms with E-state index in [1.165, 1.54) is 27.1 Å². The number of aryl methyl sites for hydroxylation is 1. The average Bonchev–Trinajstić information content (AvgIpc) is 3.01. The Balaban J connectivity index is 2.21. The van der Waals surface area contributed by atoms with Crippen molar-refractivity contribution in [2.75, 3.05) is 33.7 Å². The van der Waals surface area contributed by atoms with Crippen molar-refractivity contribution in [3.05, 3.63) is 53.5 Å². The minimum Gasteiger partial charge on any atom is -0.455 e. The molecule has 8 heteroatoms. The van der Waals surface area contributed by atoms with Gasteiger partial charge in [0.1, 0.15) is 10.7 Å². The standard InChI is InChI=1S/C18H25N3O4S/c1-14-17(26(23,24)20(2)3)13-16(25-14)18(22)21(12-10-19)11-9-15-7-5-4-6-8-15/h4-8,13H,9-12,19H2,1-3H3. The van der Waals surface area contributed by atoms with E-state index in [-0.39, 0.29) is 22.3 Å². The van der Waals surface area contributed by atoms with E-state index in [0.29, 0.717) is 26.1 Å². The zero-order chi connectivity index (χ0) is 19.3. The predicted molar refractivity (Wildman–Crippen MR) is 99.4 cm³/mol. The summed E-state index contributed by atoms with van der Waals surface area (Å²) < 4.78 is 31.2. The molecule has 1 aromatic heterocycles. The molecular weight excluding hydrogens is 354 g/mol. The molecule has 0 unspecified atom stereocenters. The first-order valence-corrected chi connectivity index (χ1v) is 9.77. The number of amides is 1. The molecular formula is C18H25N3O4S. The molecule has 0 aliphatic carbocycles. The van der Waals surface area contributed by atoms with E-state index in [9.17, 15) is 13.2 Å². The van der Waals surface area contributed by atoms with Gasteiger partial charge in [0.2, 0.25) is 10.0 Å². The molecule has 0 fully saturated rings. The highest BCUT2D eigenvalue weighted by molar-refractivity contribution is 7.89. The van der Waals surface area contributed by atoms with Crippen LogP contribution in [-0.4, -0.2) is 57.3 Å². The van der Waals surface area contributed by atoms with Crippen LogP contribution in [0.1, 0.15) is 21.9 Å². The Bertz CT molecular complexity index is 845. The molecule has 142 valence electrons. The molecule has 0 saturated carbocycles. The lowest BCUT2D eigenvalue weighted by molar-refractivity contribution is 0.0728. The van der Waals surface area contributed by atoms with E-state index in [1.807, 2.05) is 30.3 Å². The van der Waals surface area contributed by atoms with Crippen molar-refractivity contribution in [2.45, 2.75) is 18.2 Å². The van der Waals surface area contributed by atoms with Gasteiger partial charge in [-0.05, 0) is 18.9 Å². The van der Waals surface area contributed by atoms with Gasteiger partial charge in [-0.25, -0.2) is 12.7 Å². The lowest BCUT2D eigenvalue weighted by Crippen LogP contribution is -2.36. The normalized spacial score (nSPS) is 11.7. The van der Waals surface area contributed by atoms with Crippen LogP contribution < -0.4 is 5.73 Å². The number of carbonyl (C=O) groups is 1. The van der Waals surface area contributed by atoms with Crippen LogP contribution in [0.15, 0.2) is 45.7 Å². The maximum absolute atomic E-state index is 12.8. The van der Waals surface area contributed by atoms with Crippen molar-refractivity contribution in [3.63, 3.8) is 0 Å². The maximum Gasteiger partial charge on any atom is 0.289 e. The van der Waals surface area contributed by atoms with Gasteiger partial charge in [-0.2, -0.15) is 0 Å². The van der Waals surface area contributed by atoms with Gasteiger partial charge in [0.25, 0.3) is 5.91 Å². The van der Waals surface area contributed by atoms with Gasteiger partial charge in [0, 0.05) is 39.8 Å². The molecule has 2 rings (SSSR count). The summed E-state index contributed by atoms with van der Waals surface area (Å²) >= 11 is 0. The second kappa shape index (κ2) is 8.48. The lowest BCUT2D eigenvalue weighted by atomic mass is 10.1. The largest absolute Gasteiger partial charge is 0.455 e. The zero-order valence-corrected chi connectivity index (χ0v) is 16.1. The van der Waals surface area contributed by atoms with Gasteiger partial charge in [0.05, 0.1) is 0 Å². The van der Waals surface area contributed by atoms with Crippen molar-refractivity contribution in [1.82, 2.24) is 9.21 Å². The number of rotatable bonds is 8. The maximum atomic E-state index is 12.8. The van der Waals surface area contributed by atoms with Crippen LogP contribution in [0.5, 0.6) is 0 Å². The Morgan fingerprint density at radius 1 is 1.15 bits per heavy atom. The Kier molecular flexibility index (Phi) is 6.57. The van der Waals surface area contributed by atoms with Crippen molar-refractivity contribution in [3.8, 4) is 0 Å². The lowest BCUT2D eigenvalue weighted by Gasteiger charge is -2.20. The Morgan fingerprint density at radius 2 is 1.81 bits per heavy atom. The summed E-state index contributed by atoms with van der Waals surface area (Å²) in [6.07, 6.45) is 0.676. The second-order valence-corrected chi connectivity index (χ2v) is 8.26. The molecule has 26 heavy (non-hydrogen) atoms. The SMILES string of the molecule is Cc1oc(C(=O)N(CCN)CCc2ccccc2)cc1S(=O)(=O)N(C)C. The molecule has 7 nitrogen and oxygen atoms in total. The highest BCUT2D eigenvalue weighted by atomic mass is 32.2. The fraction of sp³-hybridized carbons (Fsp3) is 0.389. The molecule has 1 amide bonds. The van der Waals surface area contributed by atoms with E-state index >= 15 is 0 Å². The van der Waals surface area contributed by atoms with E-state index in [2.05, 4.69) is 0 Å². The summed E-state index contributed by atoms with van der Waals surface area (Å²) in [5.41, 5.74) is 6.74. The molecule has 1 aromatic carbocycles. The van der Waals surface area contributed by atoms with Gasteiger partial charge in [-0.1, -0.05) is 30.3 Å². The molecule has 2 N–H and O–H groups in total. The van der Waals surface area contributed by atoms with E-state index in [1.54, 1.807) is 4.90 Å². The first kappa shape index (κ1) is 20.2. The first-order valence-electron chi connectivity index (χ1n) is 8.33. The number of nitrogens with two attached hydrogens (primary N) is 1. The third-order valence-electron chi connectivity index (χ3n) is 4.04. The van der Waals surface area contributed by atoms with Crippen molar-refractivity contribution < 1.29 is 17.6 Å². The predicted octanol–water partition coefficient (Wildman–Crippen LogP) is 1.48. The van der Waals surface area contributed by atoms with E-state index < -0.39 is 10.0 Å². The Morgan fingerprint density at radius 3 is 2.38 bits per heavy atom. The number of sulfonamides is 1. The Hall–Kier alpha value is -2.16. The zero-order valence-electron chi connectivity index (χ0n) is 15.3. The first-order chi connectivity index (χ1) is 12.3. The summed E-state index contributed by atoms with van der Waals surface area (Å²) in [7, 11) is -0.801. The molecule has 0 atom stereocenters. The van der Waals surface area contributed by atoms with Crippen LogP contribution in [-0.2, 0) is 16.4 Å². The Labute approximate surface area is 154 Å². The number of carbonyl (C=O) groups excluding carboxylic acids is 1. The third kappa shape index (κ3) is 4.51. The summed E-state index contributed by atoms with van der Waals surface area (Å²) in [5, 5.41) is 0. The van der Waals surface area contributed by atoms with Gasteiger partial charge >= 0.3 is 0 Å². The van der Waals surface area contributed by atoms with Crippen LogP contribution in [0, 0.1) is 6.92 Å². The monoisotopic (exact) mass is 379 g/mol. The van der Waals surface area contributed by atoms with Crippen LogP contribution in [0.2, 0.25) is 0 Å². The fourth-order valence-corrected chi connectivity index (χ4v) is 3.61. The van der Waals surface area contributed by atoms with Crippen molar-refractivity contribution >= 4 is 15.9 Å². The second-order valence-electron chi connectivity index (χ2n) is 6.13.